The van der Waals surface area contributed by atoms with Crippen molar-refractivity contribution in [2.45, 2.75) is 19.4 Å². The summed E-state index contributed by atoms with van der Waals surface area (Å²) in [7, 11) is 1.28. The molecule has 0 spiro atoms. The van der Waals surface area contributed by atoms with Crippen LogP contribution < -0.4 is 0 Å². The highest BCUT2D eigenvalue weighted by atomic mass is 16.5. The molecule has 0 N–H and O–H groups in total. The fraction of sp³-hybridized carbons (Fsp3) is 0.286. The molecule has 1 rings (SSSR count). The van der Waals surface area contributed by atoms with Gasteiger partial charge in [-0.05, 0) is 12.0 Å². The van der Waals surface area contributed by atoms with Gasteiger partial charge in [0.25, 0.3) is 0 Å². The lowest BCUT2D eigenvalue weighted by atomic mass is 10.2. The van der Waals surface area contributed by atoms with Crippen molar-refractivity contribution in [2.24, 2.45) is 0 Å². The van der Waals surface area contributed by atoms with Crippen molar-refractivity contribution in [1.82, 2.24) is 0 Å². The van der Waals surface area contributed by atoms with Crippen LogP contribution in [-0.4, -0.2) is 19.0 Å². The minimum absolute atomic E-state index is 0.126. The Morgan fingerprint density at radius 1 is 1.17 bits per heavy atom. The van der Waals surface area contributed by atoms with Gasteiger partial charge in [0.05, 0.1) is 7.11 Å². The number of carbonyl (C=O) groups excluding carboxylic acids is 2. The van der Waals surface area contributed by atoms with E-state index in [1.54, 1.807) is 0 Å². The molecule has 0 saturated heterocycles. The van der Waals surface area contributed by atoms with E-state index in [2.05, 4.69) is 11.3 Å². The first-order chi connectivity index (χ1) is 8.63. The van der Waals surface area contributed by atoms with Crippen LogP contribution >= 0.6 is 0 Å². The molecule has 96 valence electrons. The van der Waals surface area contributed by atoms with Crippen LogP contribution in [0.5, 0.6) is 0 Å². The number of hydrogen-bond donors (Lipinski definition) is 0. The Morgan fingerprint density at radius 2 is 1.83 bits per heavy atom. The predicted molar refractivity (Wildman–Crippen MR) is 66.6 cm³/mol. The molecule has 0 aliphatic carbocycles. The fourth-order valence-corrected chi connectivity index (χ4v) is 1.31. The van der Waals surface area contributed by atoms with Crippen LogP contribution in [0, 0.1) is 0 Å². The van der Waals surface area contributed by atoms with Crippen molar-refractivity contribution >= 4 is 11.9 Å². The van der Waals surface area contributed by atoms with Crippen LogP contribution in [0.3, 0.4) is 0 Å². The highest BCUT2D eigenvalue weighted by Crippen LogP contribution is 2.07. The Balaban J connectivity index is 2.26. The van der Waals surface area contributed by atoms with E-state index in [4.69, 9.17) is 4.74 Å². The average Bonchev–Trinajstić information content (AvgIpc) is 2.42. The maximum atomic E-state index is 11.4. The summed E-state index contributed by atoms with van der Waals surface area (Å²) < 4.78 is 9.54. The highest BCUT2D eigenvalue weighted by Gasteiger charge is 2.10. The second-order valence-electron chi connectivity index (χ2n) is 3.74. The first-order valence-electron chi connectivity index (χ1n) is 5.59. The number of hydrogen-bond acceptors (Lipinski definition) is 4. The molecule has 0 unspecified atom stereocenters. The van der Waals surface area contributed by atoms with Gasteiger partial charge in [-0.15, -0.1) is 0 Å². The van der Waals surface area contributed by atoms with Crippen LogP contribution in [-0.2, 0) is 25.7 Å². The molecule has 0 bridgehead atoms. The summed E-state index contributed by atoms with van der Waals surface area (Å²) in [6.07, 6.45) is 0.376. The summed E-state index contributed by atoms with van der Waals surface area (Å²) >= 11 is 0. The summed E-state index contributed by atoms with van der Waals surface area (Å²) in [5, 5.41) is 0. The zero-order chi connectivity index (χ0) is 13.4. The molecule has 4 nitrogen and oxygen atoms in total. The monoisotopic (exact) mass is 248 g/mol. The molecule has 0 aromatic heterocycles. The Bertz CT molecular complexity index is 423. The third-order valence-corrected chi connectivity index (χ3v) is 2.35. The molecule has 0 fully saturated rings. The van der Waals surface area contributed by atoms with Crippen LogP contribution in [0.25, 0.3) is 0 Å². The number of esters is 2. The summed E-state index contributed by atoms with van der Waals surface area (Å²) in [6.45, 7) is 3.77. The highest BCUT2D eigenvalue weighted by molar-refractivity contribution is 5.88. The van der Waals surface area contributed by atoms with Crippen molar-refractivity contribution in [3.8, 4) is 0 Å². The molecule has 0 radical (unpaired) electrons. The molecule has 0 heterocycles. The predicted octanol–water partition coefficient (Wildman–Crippen LogP) is 2.24. The Hall–Kier alpha value is -2.10. The van der Waals surface area contributed by atoms with E-state index in [0.717, 1.165) is 5.56 Å². The molecule has 0 aliphatic rings. The minimum atomic E-state index is -0.495. The van der Waals surface area contributed by atoms with Gasteiger partial charge in [0.2, 0.25) is 0 Å². The fourth-order valence-electron chi connectivity index (χ4n) is 1.31. The lowest BCUT2D eigenvalue weighted by molar-refractivity contribution is -0.145. The molecule has 0 aliphatic heterocycles. The van der Waals surface area contributed by atoms with Crippen molar-refractivity contribution in [3.05, 3.63) is 48.0 Å². The number of carbonyl (C=O) groups is 2. The quantitative estimate of drug-likeness (QED) is 0.572. The number of rotatable bonds is 6. The maximum Gasteiger partial charge on any atom is 0.333 e. The van der Waals surface area contributed by atoms with E-state index < -0.39 is 5.97 Å². The van der Waals surface area contributed by atoms with Gasteiger partial charge in [0, 0.05) is 12.0 Å². The van der Waals surface area contributed by atoms with Gasteiger partial charge in [-0.1, -0.05) is 36.9 Å². The molecule has 18 heavy (non-hydrogen) atoms. The van der Waals surface area contributed by atoms with E-state index in [1.807, 2.05) is 30.3 Å². The second kappa shape index (κ2) is 7.27. The zero-order valence-corrected chi connectivity index (χ0v) is 10.3. The van der Waals surface area contributed by atoms with E-state index in [9.17, 15) is 9.59 Å². The summed E-state index contributed by atoms with van der Waals surface area (Å²) in [5.41, 5.74) is 1.20. The van der Waals surface area contributed by atoms with Gasteiger partial charge in [0.15, 0.2) is 0 Å². The summed E-state index contributed by atoms with van der Waals surface area (Å²) in [4.78, 5) is 22.4. The van der Waals surface area contributed by atoms with Crippen LogP contribution in [0.1, 0.15) is 18.4 Å². The van der Waals surface area contributed by atoms with Gasteiger partial charge in [-0.25, -0.2) is 4.79 Å². The lowest BCUT2D eigenvalue weighted by Gasteiger charge is -2.05. The van der Waals surface area contributed by atoms with E-state index in [0.29, 0.717) is 0 Å². The number of benzene rings is 1. The standard InChI is InChI=1S/C14H16O4/c1-11(14(16)17-2)8-9-13(15)18-10-12-6-4-3-5-7-12/h3-7H,1,8-10H2,2H3. The largest absolute Gasteiger partial charge is 0.466 e. The molecular weight excluding hydrogens is 232 g/mol. The van der Waals surface area contributed by atoms with Gasteiger partial charge < -0.3 is 9.47 Å². The second-order valence-corrected chi connectivity index (χ2v) is 3.74. The van der Waals surface area contributed by atoms with Gasteiger partial charge in [0.1, 0.15) is 6.61 Å². The van der Waals surface area contributed by atoms with Crippen LogP contribution in [0.4, 0.5) is 0 Å². The topological polar surface area (TPSA) is 52.6 Å². The Kier molecular flexibility index (Phi) is 5.64. The summed E-state index contributed by atoms with van der Waals surface area (Å²) in [5.74, 6) is -0.852. The molecule has 0 saturated carbocycles. The van der Waals surface area contributed by atoms with E-state index in [1.165, 1.54) is 7.11 Å². The SMILES string of the molecule is C=C(CCC(=O)OCc1ccccc1)C(=O)OC. The van der Waals surface area contributed by atoms with Gasteiger partial charge >= 0.3 is 11.9 Å². The van der Waals surface area contributed by atoms with Crippen LogP contribution in [0.2, 0.25) is 0 Å². The smallest absolute Gasteiger partial charge is 0.333 e. The molecule has 1 aromatic carbocycles. The van der Waals surface area contributed by atoms with Gasteiger partial charge in [-0.3, -0.25) is 4.79 Å². The minimum Gasteiger partial charge on any atom is -0.466 e. The van der Waals surface area contributed by atoms with E-state index >= 15 is 0 Å². The molecule has 0 amide bonds. The first-order valence-corrected chi connectivity index (χ1v) is 5.59. The van der Waals surface area contributed by atoms with Crippen molar-refractivity contribution in [1.29, 1.82) is 0 Å². The van der Waals surface area contributed by atoms with Crippen LogP contribution in [0.15, 0.2) is 42.5 Å². The Labute approximate surface area is 106 Å². The molecule has 1 aromatic rings. The third-order valence-electron chi connectivity index (χ3n) is 2.35. The molecule has 4 heteroatoms. The van der Waals surface area contributed by atoms with Crippen molar-refractivity contribution in [2.75, 3.05) is 7.11 Å². The normalized spacial score (nSPS) is 9.61. The lowest BCUT2D eigenvalue weighted by Crippen LogP contribution is -2.08. The zero-order valence-electron chi connectivity index (χ0n) is 10.3. The number of ether oxygens (including phenoxy) is 2. The Morgan fingerprint density at radius 3 is 2.44 bits per heavy atom. The van der Waals surface area contributed by atoms with Crippen molar-refractivity contribution < 1.29 is 19.1 Å². The van der Waals surface area contributed by atoms with E-state index in [-0.39, 0.29) is 31.0 Å². The van der Waals surface area contributed by atoms with Crippen molar-refractivity contribution in [3.63, 3.8) is 0 Å². The number of methoxy groups -OCH3 is 1. The summed E-state index contributed by atoms with van der Waals surface area (Å²) in [6, 6.07) is 9.40. The van der Waals surface area contributed by atoms with Gasteiger partial charge in [-0.2, -0.15) is 0 Å². The molecule has 0 atom stereocenters. The first kappa shape index (κ1) is 14.0. The maximum absolute atomic E-state index is 11.4. The third kappa shape index (κ3) is 4.82. The molecular formula is C14H16O4. The average molecular weight is 248 g/mol.